The first-order chi connectivity index (χ1) is 9.72. The highest BCUT2D eigenvalue weighted by molar-refractivity contribution is 5.90. The lowest BCUT2D eigenvalue weighted by Crippen LogP contribution is -2.56. The van der Waals surface area contributed by atoms with E-state index in [1.165, 1.54) is 0 Å². The molecule has 3 fully saturated rings. The summed E-state index contributed by atoms with van der Waals surface area (Å²) in [6.07, 6.45) is 3.57. The fourth-order valence-electron chi connectivity index (χ4n) is 3.14. The number of aliphatic hydroxyl groups excluding tert-OH is 1. The van der Waals surface area contributed by atoms with E-state index in [-0.39, 0.29) is 36.4 Å². The van der Waals surface area contributed by atoms with Crippen molar-refractivity contribution in [2.45, 2.75) is 37.8 Å². The van der Waals surface area contributed by atoms with Crippen molar-refractivity contribution < 1.29 is 19.4 Å². The highest BCUT2D eigenvalue weighted by Gasteiger charge is 2.43. The Hall–Kier alpha value is -1.14. The third-order valence-corrected chi connectivity index (χ3v) is 4.47. The average Bonchev–Trinajstić information content (AvgIpc) is 3.22. The van der Waals surface area contributed by atoms with E-state index >= 15 is 0 Å². The molecule has 0 aromatic heterocycles. The molecule has 2 aliphatic heterocycles. The molecule has 0 aromatic rings. The van der Waals surface area contributed by atoms with Crippen LogP contribution in [-0.4, -0.2) is 71.7 Å². The van der Waals surface area contributed by atoms with Gasteiger partial charge in [0.25, 0.3) is 0 Å². The van der Waals surface area contributed by atoms with Gasteiger partial charge < -0.3 is 19.6 Å². The molecule has 3 rings (SSSR count). The minimum Gasteiger partial charge on any atom is -0.394 e. The Kier molecular flexibility index (Phi) is 3.94. The Morgan fingerprint density at radius 1 is 1.10 bits per heavy atom. The van der Waals surface area contributed by atoms with Crippen LogP contribution in [0.4, 0.5) is 0 Å². The summed E-state index contributed by atoms with van der Waals surface area (Å²) in [5.74, 6) is 0.287. The van der Waals surface area contributed by atoms with E-state index in [1.54, 1.807) is 9.80 Å². The van der Waals surface area contributed by atoms with Gasteiger partial charge in [-0.3, -0.25) is 9.59 Å². The Labute approximate surface area is 118 Å². The zero-order valence-corrected chi connectivity index (χ0v) is 11.7. The number of aliphatic hydroxyl groups is 1. The average molecular weight is 282 g/mol. The molecule has 2 unspecified atom stereocenters. The van der Waals surface area contributed by atoms with Crippen LogP contribution in [0.25, 0.3) is 0 Å². The monoisotopic (exact) mass is 282 g/mol. The summed E-state index contributed by atoms with van der Waals surface area (Å²) in [5, 5.41) is 9.37. The van der Waals surface area contributed by atoms with Crippen molar-refractivity contribution in [3.63, 3.8) is 0 Å². The first kappa shape index (κ1) is 13.8. The standard InChI is InChI=1S/C14H22N2O4/c17-8-11-9-20-7-6-15(11)14(19)12-2-1-5-16(12)13(18)10-3-4-10/h10-12,17H,1-9H2. The summed E-state index contributed by atoms with van der Waals surface area (Å²) in [7, 11) is 0. The van der Waals surface area contributed by atoms with Crippen LogP contribution in [0.2, 0.25) is 0 Å². The van der Waals surface area contributed by atoms with Gasteiger partial charge in [0, 0.05) is 19.0 Å². The van der Waals surface area contributed by atoms with Gasteiger partial charge in [0.2, 0.25) is 11.8 Å². The van der Waals surface area contributed by atoms with Crippen LogP contribution in [-0.2, 0) is 14.3 Å². The lowest BCUT2D eigenvalue weighted by molar-refractivity contribution is -0.151. The molecular formula is C14H22N2O4. The number of nitrogens with zero attached hydrogens (tertiary/aromatic N) is 2. The summed E-state index contributed by atoms with van der Waals surface area (Å²) in [4.78, 5) is 28.4. The molecule has 6 nitrogen and oxygen atoms in total. The molecule has 3 aliphatic rings. The Morgan fingerprint density at radius 3 is 2.60 bits per heavy atom. The van der Waals surface area contributed by atoms with Crippen LogP contribution < -0.4 is 0 Å². The number of amides is 2. The van der Waals surface area contributed by atoms with Gasteiger partial charge in [-0.15, -0.1) is 0 Å². The Balaban J connectivity index is 1.69. The van der Waals surface area contributed by atoms with Gasteiger partial charge >= 0.3 is 0 Å². The molecule has 1 aliphatic carbocycles. The van der Waals surface area contributed by atoms with Crippen LogP contribution in [0, 0.1) is 5.92 Å². The maximum Gasteiger partial charge on any atom is 0.245 e. The SMILES string of the molecule is O=C(C1CCCN1C(=O)C1CC1)N1CCOCC1CO. The van der Waals surface area contributed by atoms with Crippen molar-refractivity contribution in [3.05, 3.63) is 0 Å². The van der Waals surface area contributed by atoms with Gasteiger partial charge in [-0.25, -0.2) is 0 Å². The first-order valence-corrected chi connectivity index (χ1v) is 7.52. The highest BCUT2D eigenvalue weighted by atomic mass is 16.5. The zero-order chi connectivity index (χ0) is 14.1. The lowest BCUT2D eigenvalue weighted by Gasteiger charge is -2.37. The number of hydrogen-bond donors (Lipinski definition) is 1. The number of morpholine rings is 1. The van der Waals surface area contributed by atoms with Gasteiger partial charge in [-0.1, -0.05) is 0 Å². The number of likely N-dealkylation sites (tertiary alicyclic amines) is 1. The molecule has 2 atom stereocenters. The second kappa shape index (κ2) is 5.69. The maximum atomic E-state index is 12.7. The van der Waals surface area contributed by atoms with Crippen molar-refractivity contribution in [2.75, 3.05) is 32.9 Å². The molecule has 0 radical (unpaired) electrons. The van der Waals surface area contributed by atoms with Crippen molar-refractivity contribution in [3.8, 4) is 0 Å². The van der Waals surface area contributed by atoms with E-state index in [9.17, 15) is 14.7 Å². The topological polar surface area (TPSA) is 70.1 Å². The summed E-state index contributed by atoms with van der Waals surface area (Å²) in [6.45, 7) is 2.00. The molecule has 112 valence electrons. The van der Waals surface area contributed by atoms with E-state index in [2.05, 4.69) is 0 Å². The van der Waals surface area contributed by atoms with Crippen LogP contribution in [0.15, 0.2) is 0 Å². The molecular weight excluding hydrogens is 260 g/mol. The number of carbonyl (C=O) groups excluding carboxylic acids is 2. The van der Waals surface area contributed by atoms with Crippen LogP contribution >= 0.6 is 0 Å². The second-order valence-corrected chi connectivity index (χ2v) is 5.91. The molecule has 1 saturated carbocycles. The highest BCUT2D eigenvalue weighted by Crippen LogP contribution is 2.34. The van der Waals surface area contributed by atoms with E-state index in [1.807, 2.05) is 0 Å². The van der Waals surface area contributed by atoms with Crippen LogP contribution in [0.3, 0.4) is 0 Å². The third-order valence-electron chi connectivity index (χ3n) is 4.47. The lowest BCUT2D eigenvalue weighted by atomic mass is 10.1. The van der Waals surface area contributed by atoms with E-state index in [0.29, 0.717) is 26.3 Å². The molecule has 0 bridgehead atoms. The van der Waals surface area contributed by atoms with Crippen molar-refractivity contribution in [1.29, 1.82) is 0 Å². The second-order valence-electron chi connectivity index (χ2n) is 5.91. The molecule has 2 amide bonds. The molecule has 6 heteroatoms. The summed E-state index contributed by atoms with van der Waals surface area (Å²) >= 11 is 0. The fourth-order valence-corrected chi connectivity index (χ4v) is 3.14. The number of hydrogen-bond acceptors (Lipinski definition) is 4. The molecule has 20 heavy (non-hydrogen) atoms. The summed E-state index contributed by atoms with van der Waals surface area (Å²) < 4.78 is 5.30. The van der Waals surface area contributed by atoms with Gasteiger partial charge in [-0.2, -0.15) is 0 Å². The molecule has 2 saturated heterocycles. The van der Waals surface area contributed by atoms with E-state index in [4.69, 9.17) is 4.74 Å². The van der Waals surface area contributed by atoms with Crippen LogP contribution in [0.5, 0.6) is 0 Å². The number of carbonyl (C=O) groups is 2. The summed E-state index contributed by atoms with van der Waals surface area (Å²) in [6, 6.07) is -0.593. The van der Waals surface area contributed by atoms with E-state index < -0.39 is 0 Å². The quantitative estimate of drug-likeness (QED) is 0.765. The summed E-state index contributed by atoms with van der Waals surface area (Å²) in [5.41, 5.74) is 0. The molecule has 2 heterocycles. The van der Waals surface area contributed by atoms with Gasteiger partial charge in [0.1, 0.15) is 6.04 Å². The fraction of sp³-hybridized carbons (Fsp3) is 0.857. The van der Waals surface area contributed by atoms with Gasteiger partial charge in [-0.05, 0) is 25.7 Å². The Morgan fingerprint density at radius 2 is 1.90 bits per heavy atom. The molecule has 0 spiro atoms. The van der Waals surface area contributed by atoms with Gasteiger partial charge in [0.05, 0.1) is 25.9 Å². The zero-order valence-electron chi connectivity index (χ0n) is 11.7. The minimum absolute atomic E-state index is 0.0150. The third kappa shape index (κ3) is 2.54. The molecule has 0 aromatic carbocycles. The first-order valence-electron chi connectivity index (χ1n) is 7.52. The van der Waals surface area contributed by atoms with E-state index in [0.717, 1.165) is 25.7 Å². The minimum atomic E-state index is -0.324. The normalized spacial score (nSPS) is 30.6. The smallest absolute Gasteiger partial charge is 0.245 e. The van der Waals surface area contributed by atoms with Crippen LogP contribution in [0.1, 0.15) is 25.7 Å². The predicted molar refractivity (Wildman–Crippen MR) is 70.9 cm³/mol. The van der Waals surface area contributed by atoms with Gasteiger partial charge in [0.15, 0.2) is 0 Å². The Bertz CT molecular complexity index is 397. The maximum absolute atomic E-state index is 12.7. The van der Waals surface area contributed by atoms with Crippen molar-refractivity contribution in [2.24, 2.45) is 5.92 Å². The number of ether oxygens (including phenoxy) is 1. The van der Waals surface area contributed by atoms with Crippen molar-refractivity contribution in [1.82, 2.24) is 9.80 Å². The predicted octanol–water partition coefficient (Wildman–Crippen LogP) is -0.393. The number of rotatable bonds is 3. The largest absolute Gasteiger partial charge is 0.394 e. The van der Waals surface area contributed by atoms with Crippen molar-refractivity contribution >= 4 is 11.8 Å². The molecule has 1 N–H and O–H groups in total.